The average Bonchev–Trinajstić information content (AvgIpc) is 2.75. The number of carbonyl (C=O) groups excluding carboxylic acids is 1. The molecule has 0 bridgehead atoms. The predicted molar refractivity (Wildman–Crippen MR) is 122 cm³/mol. The van der Waals surface area contributed by atoms with Crippen LogP contribution in [-0.2, 0) is 9.53 Å². The minimum atomic E-state index is 0.0274. The Morgan fingerprint density at radius 1 is 0.967 bits per heavy atom. The Labute approximate surface area is 184 Å². The summed E-state index contributed by atoms with van der Waals surface area (Å²) in [5, 5.41) is 0. The summed E-state index contributed by atoms with van der Waals surface area (Å²) in [5.74, 6) is 1.81. The van der Waals surface area contributed by atoms with Crippen molar-refractivity contribution in [3.63, 3.8) is 0 Å². The quantitative estimate of drug-likeness (QED) is 0.680. The van der Waals surface area contributed by atoms with Crippen LogP contribution in [0.2, 0.25) is 0 Å². The molecular formula is C25H45N3O2. The zero-order valence-corrected chi connectivity index (χ0v) is 19.6. The highest BCUT2D eigenvalue weighted by Gasteiger charge is 2.43. The van der Waals surface area contributed by atoms with Gasteiger partial charge in [0.05, 0.1) is 5.60 Å². The maximum Gasteiger partial charge on any atom is 0.222 e. The van der Waals surface area contributed by atoms with Gasteiger partial charge in [-0.1, -0.05) is 33.1 Å². The largest absolute Gasteiger partial charge is 0.375 e. The fraction of sp³-hybridized carbons (Fsp3) is 0.960. The van der Waals surface area contributed by atoms with E-state index in [0.29, 0.717) is 17.9 Å². The minimum absolute atomic E-state index is 0.0274. The van der Waals surface area contributed by atoms with Crippen LogP contribution in [0.15, 0.2) is 0 Å². The van der Waals surface area contributed by atoms with Gasteiger partial charge in [0.25, 0.3) is 0 Å². The Morgan fingerprint density at radius 3 is 2.33 bits per heavy atom. The number of piperazine rings is 1. The Balaban J connectivity index is 1.23. The molecule has 0 radical (unpaired) electrons. The van der Waals surface area contributed by atoms with Crippen molar-refractivity contribution in [3.05, 3.63) is 0 Å². The Kier molecular flexibility index (Phi) is 7.75. The van der Waals surface area contributed by atoms with E-state index < -0.39 is 0 Å². The van der Waals surface area contributed by atoms with E-state index in [9.17, 15) is 4.79 Å². The molecule has 1 saturated carbocycles. The van der Waals surface area contributed by atoms with Gasteiger partial charge in [-0.2, -0.15) is 0 Å². The summed E-state index contributed by atoms with van der Waals surface area (Å²) >= 11 is 0. The van der Waals surface area contributed by atoms with E-state index in [1.54, 1.807) is 0 Å². The third-order valence-electron chi connectivity index (χ3n) is 8.23. The highest BCUT2D eigenvalue weighted by molar-refractivity contribution is 5.76. The lowest BCUT2D eigenvalue weighted by Crippen LogP contribution is -2.57. The second-order valence-corrected chi connectivity index (χ2v) is 11.0. The summed E-state index contributed by atoms with van der Waals surface area (Å²) in [5.41, 5.74) is 0.0274. The van der Waals surface area contributed by atoms with Crippen molar-refractivity contribution >= 4 is 5.91 Å². The van der Waals surface area contributed by atoms with Crippen LogP contribution in [0.3, 0.4) is 0 Å². The van der Waals surface area contributed by atoms with E-state index in [1.807, 2.05) is 0 Å². The first kappa shape index (κ1) is 22.5. The van der Waals surface area contributed by atoms with Crippen LogP contribution < -0.4 is 0 Å². The van der Waals surface area contributed by atoms with Gasteiger partial charge in [0.15, 0.2) is 0 Å². The standard InChI is InChI=1S/C25H45N3O2/c1-21(2)20-26-13-15-27(16-14-26)23-8-17-30-25(19-23)9-11-28(12-10-25)24(29)18-22-6-4-3-5-7-22/h21-23H,3-20H2,1-2H3. The Morgan fingerprint density at radius 2 is 1.67 bits per heavy atom. The summed E-state index contributed by atoms with van der Waals surface area (Å²) in [6.07, 6.45) is 11.7. The number of amides is 1. The number of carbonyl (C=O) groups is 1. The number of hydrogen-bond donors (Lipinski definition) is 0. The van der Waals surface area contributed by atoms with Gasteiger partial charge in [0.2, 0.25) is 5.91 Å². The third kappa shape index (κ3) is 5.77. The SMILES string of the molecule is CC(C)CN1CCN(C2CCOC3(CCN(C(=O)CC4CCCCC4)CC3)C2)CC1. The molecule has 5 nitrogen and oxygen atoms in total. The van der Waals surface area contributed by atoms with Gasteiger partial charge in [0.1, 0.15) is 0 Å². The summed E-state index contributed by atoms with van der Waals surface area (Å²) in [6, 6.07) is 0.671. The molecule has 4 aliphatic rings. The number of piperidine rings is 1. The topological polar surface area (TPSA) is 36.0 Å². The molecule has 0 aromatic heterocycles. The Bertz CT molecular complexity index is 545. The fourth-order valence-electron chi connectivity index (χ4n) is 6.42. The molecule has 3 heterocycles. The van der Waals surface area contributed by atoms with E-state index in [4.69, 9.17) is 4.74 Å². The molecule has 1 unspecified atom stereocenters. The van der Waals surface area contributed by atoms with Gasteiger partial charge in [-0.25, -0.2) is 0 Å². The van der Waals surface area contributed by atoms with Crippen LogP contribution in [0, 0.1) is 11.8 Å². The van der Waals surface area contributed by atoms with Crippen molar-refractivity contribution < 1.29 is 9.53 Å². The van der Waals surface area contributed by atoms with Crippen molar-refractivity contribution in [2.24, 2.45) is 11.8 Å². The molecule has 3 saturated heterocycles. The molecule has 0 aromatic rings. The smallest absolute Gasteiger partial charge is 0.222 e. The van der Waals surface area contributed by atoms with Crippen LogP contribution in [0.4, 0.5) is 0 Å². The van der Waals surface area contributed by atoms with Gasteiger partial charge in [-0.15, -0.1) is 0 Å². The molecule has 1 spiro atoms. The molecule has 172 valence electrons. The number of likely N-dealkylation sites (tertiary alicyclic amines) is 1. The monoisotopic (exact) mass is 419 g/mol. The highest BCUT2D eigenvalue weighted by atomic mass is 16.5. The molecule has 0 aromatic carbocycles. The highest BCUT2D eigenvalue weighted by Crippen LogP contribution is 2.37. The second-order valence-electron chi connectivity index (χ2n) is 11.0. The molecule has 1 atom stereocenters. The average molecular weight is 420 g/mol. The van der Waals surface area contributed by atoms with Gasteiger partial charge >= 0.3 is 0 Å². The van der Waals surface area contributed by atoms with Crippen molar-refractivity contribution in [2.45, 2.75) is 89.7 Å². The zero-order chi connectivity index (χ0) is 21.0. The molecular weight excluding hydrogens is 374 g/mol. The van der Waals surface area contributed by atoms with Crippen LogP contribution in [0.25, 0.3) is 0 Å². The normalized spacial score (nSPS) is 29.6. The maximum absolute atomic E-state index is 12.8. The maximum atomic E-state index is 12.8. The lowest BCUT2D eigenvalue weighted by molar-refractivity contribution is -0.151. The molecule has 30 heavy (non-hydrogen) atoms. The van der Waals surface area contributed by atoms with Gasteiger partial charge < -0.3 is 14.5 Å². The van der Waals surface area contributed by atoms with E-state index in [1.165, 1.54) is 77.7 Å². The summed E-state index contributed by atoms with van der Waals surface area (Å²) in [6.45, 7) is 13.4. The van der Waals surface area contributed by atoms with Crippen molar-refractivity contribution in [1.82, 2.24) is 14.7 Å². The summed E-state index contributed by atoms with van der Waals surface area (Å²) in [7, 11) is 0. The molecule has 0 N–H and O–H groups in total. The lowest BCUT2D eigenvalue weighted by Gasteiger charge is -2.50. The summed E-state index contributed by atoms with van der Waals surface area (Å²) < 4.78 is 6.40. The molecule has 1 amide bonds. The minimum Gasteiger partial charge on any atom is -0.375 e. The van der Waals surface area contributed by atoms with Crippen molar-refractivity contribution in [2.75, 3.05) is 52.4 Å². The fourth-order valence-corrected chi connectivity index (χ4v) is 6.42. The molecule has 4 rings (SSSR count). The number of rotatable bonds is 5. The zero-order valence-electron chi connectivity index (χ0n) is 19.6. The predicted octanol–water partition coefficient (Wildman–Crippen LogP) is 3.77. The Hall–Kier alpha value is -0.650. The summed E-state index contributed by atoms with van der Waals surface area (Å²) in [4.78, 5) is 20.3. The van der Waals surface area contributed by atoms with E-state index in [0.717, 1.165) is 44.9 Å². The van der Waals surface area contributed by atoms with E-state index in [2.05, 4.69) is 28.5 Å². The van der Waals surface area contributed by atoms with Crippen LogP contribution in [0.1, 0.15) is 78.1 Å². The first-order valence-corrected chi connectivity index (χ1v) is 12.9. The lowest BCUT2D eigenvalue weighted by atomic mass is 9.81. The molecule has 1 aliphatic carbocycles. The van der Waals surface area contributed by atoms with Gasteiger partial charge in [0, 0.05) is 64.9 Å². The number of ether oxygens (including phenoxy) is 1. The van der Waals surface area contributed by atoms with Crippen LogP contribution in [-0.4, -0.2) is 84.7 Å². The molecule has 5 heteroatoms. The second kappa shape index (κ2) is 10.3. The van der Waals surface area contributed by atoms with E-state index >= 15 is 0 Å². The molecule has 3 aliphatic heterocycles. The molecule has 4 fully saturated rings. The number of nitrogens with zero attached hydrogens (tertiary/aromatic N) is 3. The first-order valence-electron chi connectivity index (χ1n) is 12.9. The van der Waals surface area contributed by atoms with Gasteiger partial charge in [-0.3, -0.25) is 9.69 Å². The van der Waals surface area contributed by atoms with E-state index in [-0.39, 0.29) is 5.60 Å². The van der Waals surface area contributed by atoms with Crippen LogP contribution >= 0.6 is 0 Å². The van der Waals surface area contributed by atoms with Crippen molar-refractivity contribution in [3.8, 4) is 0 Å². The van der Waals surface area contributed by atoms with Crippen molar-refractivity contribution in [1.29, 1.82) is 0 Å². The van der Waals surface area contributed by atoms with Crippen LogP contribution in [0.5, 0.6) is 0 Å². The first-order chi connectivity index (χ1) is 14.5. The third-order valence-corrected chi connectivity index (χ3v) is 8.23. The number of hydrogen-bond acceptors (Lipinski definition) is 4. The van der Waals surface area contributed by atoms with Gasteiger partial charge in [-0.05, 0) is 50.4 Å².